The molecule has 1 N–H and O–H groups in total. The first-order valence-electron chi connectivity index (χ1n) is 7.18. The lowest BCUT2D eigenvalue weighted by molar-refractivity contribution is 0.0915. The molecule has 0 amide bonds. The standard InChI is InChI=1S/C12H32O5Si3/c1-14-20(7,12-8-10-15-11-9-13)17-19(5,6)16-18(2,3)4/h13H,8-12H2,1-7H3. The van der Waals surface area contributed by atoms with Crippen molar-refractivity contribution in [3.05, 3.63) is 0 Å². The predicted molar refractivity (Wildman–Crippen MR) is 89.0 cm³/mol. The van der Waals surface area contributed by atoms with Crippen LogP contribution >= 0.6 is 0 Å². The third kappa shape index (κ3) is 10.2. The highest BCUT2D eigenvalue weighted by atomic mass is 28.5. The van der Waals surface area contributed by atoms with Gasteiger partial charge in [0.1, 0.15) is 0 Å². The maximum absolute atomic E-state index is 8.66. The summed E-state index contributed by atoms with van der Waals surface area (Å²) in [5.74, 6) is 0. The number of hydrogen-bond acceptors (Lipinski definition) is 5. The second kappa shape index (κ2) is 8.79. The Kier molecular flexibility index (Phi) is 8.99. The maximum atomic E-state index is 8.66. The third-order valence-corrected chi connectivity index (χ3v) is 12.8. The molecule has 0 bridgehead atoms. The van der Waals surface area contributed by atoms with Gasteiger partial charge in [-0.3, -0.25) is 0 Å². The summed E-state index contributed by atoms with van der Waals surface area (Å²) in [6.45, 7) is 13.9. The van der Waals surface area contributed by atoms with Crippen LogP contribution in [0.25, 0.3) is 0 Å². The zero-order valence-electron chi connectivity index (χ0n) is 14.1. The molecule has 0 rings (SSSR count). The minimum Gasteiger partial charge on any atom is -0.437 e. The van der Waals surface area contributed by atoms with Gasteiger partial charge in [0, 0.05) is 13.7 Å². The molecule has 0 saturated heterocycles. The van der Waals surface area contributed by atoms with Crippen molar-refractivity contribution in [1.82, 2.24) is 0 Å². The summed E-state index contributed by atoms with van der Waals surface area (Å²) >= 11 is 0. The largest absolute Gasteiger partial charge is 0.437 e. The highest BCUT2D eigenvalue weighted by Gasteiger charge is 2.41. The third-order valence-electron chi connectivity index (χ3n) is 2.60. The van der Waals surface area contributed by atoms with Gasteiger partial charge in [0.05, 0.1) is 13.2 Å². The number of aliphatic hydroxyl groups excluding tert-OH is 1. The van der Waals surface area contributed by atoms with Gasteiger partial charge in [-0.1, -0.05) is 0 Å². The van der Waals surface area contributed by atoms with Crippen LogP contribution < -0.4 is 0 Å². The van der Waals surface area contributed by atoms with Crippen molar-refractivity contribution in [2.45, 2.75) is 51.7 Å². The van der Waals surface area contributed by atoms with E-state index in [9.17, 15) is 0 Å². The van der Waals surface area contributed by atoms with Crippen LogP contribution in [0, 0.1) is 0 Å². The first-order valence-corrected chi connectivity index (χ1v) is 15.9. The van der Waals surface area contributed by atoms with E-state index >= 15 is 0 Å². The van der Waals surface area contributed by atoms with E-state index in [-0.39, 0.29) is 6.61 Å². The van der Waals surface area contributed by atoms with Gasteiger partial charge >= 0.3 is 17.1 Å². The highest BCUT2D eigenvalue weighted by Crippen LogP contribution is 2.24. The Labute approximate surface area is 127 Å². The zero-order chi connectivity index (χ0) is 15.9. The maximum Gasteiger partial charge on any atom is 0.325 e. The Morgan fingerprint density at radius 2 is 1.50 bits per heavy atom. The molecule has 122 valence electrons. The predicted octanol–water partition coefficient (Wildman–Crippen LogP) is 2.67. The summed E-state index contributed by atoms with van der Waals surface area (Å²) in [4.78, 5) is 0. The molecule has 20 heavy (non-hydrogen) atoms. The van der Waals surface area contributed by atoms with Gasteiger partial charge in [0.25, 0.3) is 0 Å². The molecule has 0 saturated carbocycles. The molecule has 0 aromatic heterocycles. The summed E-state index contributed by atoms with van der Waals surface area (Å²) in [7, 11) is -4.24. The molecule has 0 radical (unpaired) electrons. The van der Waals surface area contributed by atoms with Crippen LogP contribution in [0.4, 0.5) is 0 Å². The van der Waals surface area contributed by atoms with Gasteiger partial charge in [-0.15, -0.1) is 0 Å². The fourth-order valence-corrected chi connectivity index (χ4v) is 14.5. The van der Waals surface area contributed by atoms with Crippen LogP contribution in [0.15, 0.2) is 0 Å². The van der Waals surface area contributed by atoms with E-state index in [1.807, 2.05) is 0 Å². The van der Waals surface area contributed by atoms with E-state index in [1.54, 1.807) is 7.11 Å². The zero-order valence-corrected chi connectivity index (χ0v) is 17.1. The van der Waals surface area contributed by atoms with Crippen LogP contribution in [-0.4, -0.2) is 57.5 Å². The van der Waals surface area contributed by atoms with E-state index in [2.05, 4.69) is 39.3 Å². The van der Waals surface area contributed by atoms with Gasteiger partial charge in [0.15, 0.2) is 8.32 Å². The van der Waals surface area contributed by atoms with Crippen molar-refractivity contribution in [1.29, 1.82) is 0 Å². The number of rotatable bonds is 11. The molecule has 5 nitrogen and oxygen atoms in total. The van der Waals surface area contributed by atoms with E-state index in [0.29, 0.717) is 13.2 Å². The molecule has 0 aromatic carbocycles. The summed E-state index contributed by atoms with van der Waals surface area (Å²) in [5, 5.41) is 8.66. The molecule has 0 aliphatic carbocycles. The molecular weight excluding hydrogens is 308 g/mol. The Balaban J connectivity index is 4.34. The van der Waals surface area contributed by atoms with Crippen molar-refractivity contribution in [3.8, 4) is 0 Å². The molecule has 1 atom stereocenters. The molecule has 0 heterocycles. The fourth-order valence-electron chi connectivity index (χ4n) is 2.13. The van der Waals surface area contributed by atoms with Crippen molar-refractivity contribution in [3.63, 3.8) is 0 Å². The lowest BCUT2D eigenvalue weighted by Gasteiger charge is -2.37. The van der Waals surface area contributed by atoms with E-state index in [0.717, 1.165) is 12.5 Å². The SMILES string of the molecule is CO[Si](C)(CCCOCCO)O[Si](C)(C)O[Si](C)(C)C. The Bertz CT molecular complexity index is 270. The summed E-state index contributed by atoms with van der Waals surface area (Å²) < 4.78 is 23.5. The van der Waals surface area contributed by atoms with Crippen LogP contribution in [0.5, 0.6) is 0 Å². The summed E-state index contributed by atoms with van der Waals surface area (Å²) in [6.07, 6.45) is 0.883. The van der Waals surface area contributed by atoms with Crippen molar-refractivity contribution < 1.29 is 22.5 Å². The topological polar surface area (TPSA) is 57.2 Å². The lowest BCUT2D eigenvalue weighted by Crippen LogP contribution is -2.53. The Morgan fingerprint density at radius 1 is 0.900 bits per heavy atom. The Morgan fingerprint density at radius 3 is 1.95 bits per heavy atom. The van der Waals surface area contributed by atoms with Gasteiger partial charge < -0.3 is 22.5 Å². The second-order valence-corrected chi connectivity index (χ2v) is 18.3. The molecular formula is C12H32O5Si3. The van der Waals surface area contributed by atoms with Crippen molar-refractivity contribution in [2.24, 2.45) is 0 Å². The van der Waals surface area contributed by atoms with Gasteiger partial charge in [-0.05, 0) is 51.7 Å². The molecule has 0 aliphatic rings. The first-order chi connectivity index (χ1) is 9.04. The fraction of sp³-hybridized carbons (Fsp3) is 1.00. The molecule has 0 aromatic rings. The average molecular weight is 341 g/mol. The Hall–Kier alpha value is 0.451. The average Bonchev–Trinajstić information content (AvgIpc) is 2.24. The van der Waals surface area contributed by atoms with E-state index in [1.165, 1.54) is 0 Å². The molecule has 1 unspecified atom stereocenters. The molecule has 8 heteroatoms. The van der Waals surface area contributed by atoms with E-state index < -0.39 is 25.4 Å². The van der Waals surface area contributed by atoms with Gasteiger partial charge in [-0.2, -0.15) is 0 Å². The quantitative estimate of drug-likeness (QED) is 0.463. The van der Waals surface area contributed by atoms with Crippen molar-refractivity contribution >= 4 is 25.4 Å². The normalized spacial score (nSPS) is 16.2. The number of aliphatic hydroxyl groups is 1. The van der Waals surface area contributed by atoms with Crippen molar-refractivity contribution in [2.75, 3.05) is 26.9 Å². The monoisotopic (exact) mass is 340 g/mol. The van der Waals surface area contributed by atoms with Crippen LogP contribution in [0.1, 0.15) is 6.42 Å². The summed E-state index contributed by atoms with van der Waals surface area (Å²) in [5.41, 5.74) is 0. The number of hydrogen-bond donors (Lipinski definition) is 1. The first kappa shape index (κ1) is 20.5. The van der Waals surface area contributed by atoms with Crippen LogP contribution in [0.3, 0.4) is 0 Å². The summed E-state index contributed by atoms with van der Waals surface area (Å²) in [6, 6.07) is 0.875. The second-order valence-electron chi connectivity index (χ2n) is 6.49. The van der Waals surface area contributed by atoms with Gasteiger partial charge in [-0.25, -0.2) is 0 Å². The lowest BCUT2D eigenvalue weighted by atomic mass is 10.5. The smallest absolute Gasteiger partial charge is 0.325 e. The highest BCUT2D eigenvalue weighted by molar-refractivity contribution is 6.86. The number of ether oxygens (including phenoxy) is 1. The molecule has 0 fully saturated rings. The van der Waals surface area contributed by atoms with Crippen LogP contribution in [-0.2, 0) is 17.4 Å². The van der Waals surface area contributed by atoms with Crippen LogP contribution in [0.2, 0.25) is 45.3 Å². The molecule has 0 aliphatic heterocycles. The van der Waals surface area contributed by atoms with Gasteiger partial charge in [0.2, 0.25) is 0 Å². The van der Waals surface area contributed by atoms with E-state index in [4.69, 9.17) is 22.5 Å². The minimum absolute atomic E-state index is 0.0689. The minimum atomic E-state index is -2.20. The molecule has 0 spiro atoms.